The van der Waals surface area contributed by atoms with Crippen molar-refractivity contribution in [3.05, 3.63) is 22.7 Å². The van der Waals surface area contributed by atoms with Crippen LogP contribution in [-0.4, -0.2) is 36.5 Å². The summed E-state index contributed by atoms with van der Waals surface area (Å²) in [5.41, 5.74) is -0.171. The quantitative estimate of drug-likeness (QED) is 0.748. The molecule has 7 heteroatoms. The molecule has 6 nitrogen and oxygen atoms in total. The van der Waals surface area contributed by atoms with Crippen molar-refractivity contribution in [1.82, 2.24) is 9.55 Å². The zero-order valence-electron chi connectivity index (χ0n) is 11.6. The lowest BCUT2D eigenvalue weighted by Gasteiger charge is -2.10. The Bertz CT molecular complexity index is 564. The van der Waals surface area contributed by atoms with E-state index in [2.05, 4.69) is 10.3 Å². The van der Waals surface area contributed by atoms with Crippen molar-refractivity contribution in [2.24, 2.45) is 5.92 Å². The van der Waals surface area contributed by atoms with Crippen LogP contribution in [0.1, 0.15) is 20.3 Å². The monoisotopic (exact) mass is 287 g/mol. The smallest absolute Gasteiger partial charge is 0.293 e. The van der Waals surface area contributed by atoms with Gasteiger partial charge in [0, 0.05) is 31.7 Å². The van der Waals surface area contributed by atoms with Crippen LogP contribution in [0.2, 0.25) is 0 Å². The number of rotatable bonds is 7. The summed E-state index contributed by atoms with van der Waals surface area (Å²) < 4.78 is 23.6. The van der Waals surface area contributed by atoms with Gasteiger partial charge in [-0.15, -0.1) is 0 Å². The molecule has 19 heavy (non-hydrogen) atoms. The van der Waals surface area contributed by atoms with Gasteiger partial charge in [0.05, 0.1) is 5.75 Å². The number of hydrogen-bond acceptors (Lipinski definition) is 5. The summed E-state index contributed by atoms with van der Waals surface area (Å²) in [6.45, 7) is 5.12. The van der Waals surface area contributed by atoms with Crippen LogP contribution in [0.25, 0.3) is 0 Å². The molecular weight excluding hydrogens is 266 g/mol. The molecule has 1 N–H and O–H groups in total. The summed E-state index contributed by atoms with van der Waals surface area (Å²) in [5.74, 6) is 0.752. The molecular formula is C12H21N3O3S. The lowest BCUT2D eigenvalue weighted by molar-refractivity contribution is 0.509. The first-order chi connectivity index (χ1) is 8.79. The van der Waals surface area contributed by atoms with Gasteiger partial charge in [-0.25, -0.2) is 13.4 Å². The Labute approximate surface area is 113 Å². The van der Waals surface area contributed by atoms with Gasteiger partial charge < -0.3 is 9.88 Å². The van der Waals surface area contributed by atoms with Crippen LogP contribution in [-0.2, 0) is 16.4 Å². The Morgan fingerprint density at radius 1 is 1.42 bits per heavy atom. The van der Waals surface area contributed by atoms with Crippen LogP contribution in [0.4, 0.5) is 5.82 Å². The largest absolute Gasteiger partial charge is 0.365 e. The molecule has 0 aliphatic rings. The highest BCUT2D eigenvalue weighted by Crippen LogP contribution is 1.99. The predicted octanol–water partition coefficient (Wildman–Crippen LogP) is 0.746. The zero-order chi connectivity index (χ0) is 14.5. The molecule has 1 heterocycles. The molecule has 1 aromatic rings. The van der Waals surface area contributed by atoms with E-state index in [4.69, 9.17) is 0 Å². The van der Waals surface area contributed by atoms with E-state index < -0.39 is 9.84 Å². The van der Waals surface area contributed by atoms with Crippen molar-refractivity contribution >= 4 is 15.7 Å². The molecule has 0 aliphatic heterocycles. The highest BCUT2D eigenvalue weighted by Gasteiger charge is 2.06. The number of sulfone groups is 1. The second kappa shape index (κ2) is 6.70. The molecule has 0 bridgehead atoms. The van der Waals surface area contributed by atoms with Gasteiger partial charge in [0.15, 0.2) is 5.82 Å². The van der Waals surface area contributed by atoms with E-state index in [9.17, 15) is 13.2 Å². The summed E-state index contributed by atoms with van der Waals surface area (Å²) >= 11 is 0. The first-order valence-corrected chi connectivity index (χ1v) is 8.32. The van der Waals surface area contributed by atoms with Gasteiger partial charge in [0.1, 0.15) is 9.84 Å². The molecule has 0 aromatic carbocycles. The molecule has 0 spiro atoms. The lowest BCUT2D eigenvalue weighted by atomic mass is 10.2. The molecule has 0 saturated heterocycles. The van der Waals surface area contributed by atoms with E-state index in [1.165, 1.54) is 6.26 Å². The molecule has 0 unspecified atom stereocenters. The van der Waals surface area contributed by atoms with Crippen LogP contribution in [0, 0.1) is 5.92 Å². The maximum atomic E-state index is 12.0. The standard InChI is InChI=1S/C12H21N3O3S/c1-10(2)9-15-7-6-14-11(12(15)16)13-5-4-8-19(3,17)18/h6-7,10H,4-5,8-9H2,1-3H3,(H,13,14). The highest BCUT2D eigenvalue weighted by atomic mass is 32.2. The van der Waals surface area contributed by atoms with E-state index in [-0.39, 0.29) is 17.1 Å². The average molecular weight is 287 g/mol. The van der Waals surface area contributed by atoms with Crippen molar-refractivity contribution in [3.8, 4) is 0 Å². The number of anilines is 1. The van der Waals surface area contributed by atoms with Crippen LogP contribution in [0.15, 0.2) is 17.2 Å². The van der Waals surface area contributed by atoms with Gasteiger partial charge in [-0.1, -0.05) is 13.8 Å². The molecule has 0 radical (unpaired) electrons. The Balaban J connectivity index is 2.62. The normalized spacial score (nSPS) is 11.8. The fourth-order valence-electron chi connectivity index (χ4n) is 1.65. The van der Waals surface area contributed by atoms with Crippen molar-refractivity contribution in [2.45, 2.75) is 26.8 Å². The molecule has 0 fully saturated rings. The molecule has 0 atom stereocenters. The Hall–Kier alpha value is -1.37. The number of nitrogens with zero attached hydrogens (tertiary/aromatic N) is 2. The van der Waals surface area contributed by atoms with Crippen LogP contribution < -0.4 is 10.9 Å². The van der Waals surface area contributed by atoms with Crippen molar-refractivity contribution < 1.29 is 8.42 Å². The molecule has 0 amide bonds. The van der Waals surface area contributed by atoms with E-state index in [1.54, 1.807) is 17.0 Å². The van der Waals surface area contributed by atoms with Crippen LogP contribution in [0.5, 0.6) is 0 Å². The second-order valence-corrected chi connectivity index (χ2v) is 7.30. The van der Waals surface area contributed by atoms with Gasteiger partial charge in [0.25, 0.3) is 5.56 Å². The van der Waals surface area contributed by atoms with E-state index in [0.717, 1.165) is 0 Å². The van der Waals surface area contributed by atoms with Crippen LogP contribution >= 0.6 is 0 Å². The predicted molar refractivity (Wildman–Crippen MR) is 76.2 cm³/mol. The van der Waals surface area contributed by atoms with Crippen LogP contribution in [0.3, 0.4) is 0 Å². The van der Waals surface area contributed by atoms with Crippen molar-refractivity contribution in [3.63, 3.8) is 0 Å². The lowest BCUT2D eigenvalue weighted by Crippen LogP contribution is -2.26. The number of aromatic nitrogens is 2. The minimum absolute atomic E-state index is 0.104. The Morgan fingerprint density at radius 3 is 2.68 bits per heavy atom. The van der Waals surface area contributed by atoms with Crippen molar-refractivity contribution in [1.29, 1.82) is 0 Å². The first kappa shape index (κ1) is 15.7. The maximum absolute atomic E-state index is 12.0. The summed E-state index contributed by atoms with van der Waals surface area (Å²) in [7, 11) is -2.96. The summed E-state index contributed by atoms with van der Waals surface area (Å²) in [6.07, 6.45) is 4.88. The Morgan fingerprint density at radius 2 is 2.11 bits per heavy atom. The average Bonchev–Trinajstić information content (AvgIpc) is 2.27. The third-order valence-corrected chi connectivity index (χ3v) is 3.49. The maximum Gasteiger partial charge on any atom is 0.293 e. The molecule has 1 rings (SSSR count). The molecule has 0 saturated carbocycles. The SMILES string of the molecule is CC(C)Cn1ccnc(NCCCS(C)(=O)=O)c1=O. The highest BCUT2D eigenvalue weighted by molar-refractivity contribution is 7.90. The molecule has 108 valence electrons. The van der Waals surface area contributed by atoms with Gasteiger partial charge >= 0.3 is 0 Å². The fourth-order valence-corrected chi connectivity index (χ4v) is 2.32. The van der Waals surface area contributed by atoms with Crippen molar-refractivity contribution in [2.75, 3.05) is 23.9 Å². The van der Waals surface area contributed by atoms with E-state index in [0.29, 0.717) is 25.4 Å². The Kier molecular flexibility index (Phi) is 5.53. The first-order valence-electron chi connectivity index (χ1n) is 6.26. The van der Waals surface area contributed by atoms with Gasteiger partial charge in [-0.2, -0.15) is 0 Å². The van der Waals surface area contributed by atoms with Gasteiger partial charge in [-0.3, -0.25) is 4.79 Å². The minimum Gasteiger partial charge on any atom is -0.365 e. The topological polar surface area (TPSA) is 81.1 Å². The molecule has 0 aliphatic carbocycles. The summed E-state index contributed by atoms with van der Waals surface area (Å²) in [6, 6.07) is 0. The van der Waals surface area contributed by atoms with E-state index >= 15 is 0 Å². The van der Waals surface area contributed by atoms with Gasteiger partial charge in [-0.05, 0) is 12.3 Å². The van der Waals surface area contributed by atoms with Gasteiger partial charge in [0.2, 0.25) is 0 Å². The molecule has 1 aromatic heterocycles. The number of nitrogens with one attached hydrogen (secondary N) is 1. The summed E-state index contributed by atoms with van der Waals surface area (Å²) in [4.78, 5) is 16.0. The van der Waals surface area contributed by atoms with E-state index in [1.807, 2.05) is 13.8 Å². The fraction of sp³-hybridized carbons (Fsp3) is 0.667. The minimum atomic E-state index is -2.96. The third kappa shape index (κ3) is 5.87. The third-order valence-electron chi connectivity index (χ3n) is 2.46. The zero-order valence-corrected chi connectivity index (χ0v) is 12.4. The second-order valence-electron chi connectivity index (χ2n) is 5.04. The summed E-state index contributed by atoms with van der Waals surface area (Å²) in [5, 5.41) is 2.89. The number of hydrogen-bond donors (Lipinski definition) is 1.